The molecule has 1 rings (SSSR count). The van der Waals surface area contributed by atoms with E-state index in [4.69, 9.17) is 0 Å². The Balaban J connectivity index is 2.26. The van der Waals surface area contributed by atoms with Crippen LogP contribution in [0.3, 0.4) is 0 Å². The minimum Gasteiger partial charge on any atom is -0.388 e. The van der Waals surface area contributed by atoms with Crippen molar-refractivity contribution in [3.05, 3.63) is 0 Å². The van der Waals surface area contributed by atoms with Gasteiger partial charge in [-0.3, -0.25) is 9.59 Å². The van der Waals surface area contributed by atoms with Gasteiger partial charge < -0.3 is 15.7 Å². The maximum atomic E-state index is 11.7. The molecule has 2 amide bonds. The van der Waals surface area contributed by atoms with Crippen molar-refractivity contribution in [2.24, 2.45) is 5.41 Å². The molecule has 0 bridgehead atoms. The number of aliphatic hydroxyl groups is 1. The molecule has 0 heterocycles. The van der Waals surface area contributed by atoms with Gasteiger partial charge in [0.25, 0.3) is 0 Å². The van der Waals surface area contributed by atoms with Crippen LogP contribution in [0.15, 0.2) is 0 Å². The second kappa shape index (κ2) is 7.78. The molecule has 0 atom stereocenters. The minimum atomic E-state index is -0.776. The number of hydrogen-bond acceptors (Lipinski definition) is 3. The van der Waals surface area contributed by atoms with Crippen molar-refractivity contribution in [3.8, 4) is 0 Å². The highest BCUT2D eigenvalue weighted by Crippen LogP contribution is 2.26. The smallest absolute Gasteiger partial charge is 0.239 e. The van der Waals surface area contributed by atoms with Crippen molar-refractivity contribution in [1.29, 1.82) is 0 Å². The average Bonchev–Trinajstić information content (AvgIpc) is 2.57. The van der Waals surface area contributed by atoms with Crippen LogP contribution in [0.4, 0.5) is 0 Å². The first-order chi connectivity index (χ1) is 9.70. The van der Waals surface area contributed by atoms with Gasteiger partial charge in [0.15, 0.2) is 0 Å². The van der Waals surface area contributed by atoms with E-state index in [0.717, 1.165) is 38.5 Å². The van der Waals surface area contributed by atoms with Gasteiger partial charge in [-0.05, 0) is 18.3 Å². The standard InChI is InChI=1S/C16H30N2O3/c1-15(2,3)10-13(19)17-11-14(20)18-12-16(21)8-6-4-5-7-9-16/h21H,4-12H2,1-3H3,(H,17,19)(H,18,20). The largest absolute Gasteiger partial charge is 0.388 e. The molecule has 0 aliphatic heterocycles. The summed E-state index contributed by atoms with van der Waals surface area (Å²) in [6.45, 7) is 6.20. The summed E-state index contributed by atoms with van der Waals surface area (Å²) in [6.07, 6.45) is 6.19. The molecule has 122 valence electrons. The zero-order valence-corrected chi connectivity index (χ0v) is 13.6. The van der Waals surface area contributed by atoms with E-state index >= 15 is 0 Å². The van der Waals surface area contributed by atoms with Gasteiger partial charge in [-0.15, -0.1) is 0 Å². The highest BCUT2D eigenvalue weighted by atomic mass is 16.3. The van der Waals surface area contributed by atoms with Gasteiger partial charge in [0.2, 0.25) is 11.8 Å². The minimum absolute atomic E-state index is 0.0228. The molecule has 21 heavy (non-hydrogen) atoms. The van der Waals surface area contributed by atoms with Crippen LogP contribution in [-0.2, 0) is 9.59 Å². The summed E-state index contributed by atoms with van der Waals surface area (Å²) >= 11 is 0. The first-order valence-electron chi connectivity index (χ1n) is 7.96. The second-order valence-corrected chi connectivity index (χ2v) is 7.43. The van der Waals surface area contributed by atoms with E-state index in [1.807, 2.05) is 20.8 Å². The summed E-state index contributed by atoms with van der Waals surface area (Å²) in [4.78, 5) is 23.4. The zero-order chi connectivity index (χ0) is 15.9. The Morgan fingerprint density at radius 3 is 2.10 bits per heavy atom. The predicted molar refractivity (Wildman–Crippen MR) is 82.7 cm³/mol. The molecular weight excluding hydrogens is 268 g/mol. The molecule has 0 aromatic heterocycles. The molecule has 0 unspecified atom stereocenters. The van der Waals surface area contributed by atoms with Crippen molar-refractivity contribution in [1.82, 2.24) is 10.6 Å². The summed E-state index contributed by atoms with van der Waals surface area (Å²) in [5.41, 5.74) is -0.863. The predicted octanol–water partition coefficient (Wildman–Crippen LogP) is 1.74. The van der Waals surface area contributed by atoms with E-state index in [-0.39, 0.29) is 30.3 Å². The van der Waals surface area contributed by atoms with Crippen LogP contribution >= 0.6 is 0 Å². The second-order valence-electron chi connectivity index (χ2n) is 7.43. The molecule has 0 aromatic rings. The van der Waals surface area contributed by atoms with Crippen molar-refractivity contribution < 1.29 is 14.7 Å². The molecule has 1 aliphatic rings. The molecule has 3 N–H and O–H groups in total. The van der Waals surface area contributed by atoms with Crippen LogP contribution < -0.4 is 10.6 Å². The maximum absolute atomic E-state index is 11.7. The van der Waals surface area contributed by atoms with Gasteiger partial charge in [-0.1, -0.05) is 46.5 Å². The van der Waals surface area contributed by atoms with E-state index in [0.29, 0.717) is 6.42 Å². The highest BCUT2D eigenvalue weighted by molar-refractivity contribution is 5.84. The Morgan fingerprint density at radius 1 is 1.00 bits per heavy atom. The molecule has 1 saturated carbocycles. The van der Waals surface area contributed by atoms with E-state index in [1.54, 1.807) is 0 Å². The Bertz CT molecular complexity index is 353. The number of rotatable bonds is 5. The van der Waals surface area contributed by atoms with E-state index in [1.165, 1.54) is 0 Å². The number of carbonyl (C=O) groups is 2. The molecule has 0 spiro atoms. The fraction of sp³-hybridized carbons (Fsp3) is 0.875. The summed E-state index contributed by atoms with van der Waals surface area (Å²) in [5.74, 6) is -0.360. The molecule has 0 aromatic carbocycles. The molecule has 0 saturated heterocycles. The van der Waals surface area contributed by atoms with Crippen molar-refractivity contribution >= 4 is 11.8 Å². The van der Waals surface area contributed by atoms with Crippen LogP contribution in [0, 0.1) is 5.41 Å². The van der Waals surface area contributed by atoms with Crippen molar-refractivity contribution in [2.45, 2.75) is 71.3 Å². The van der Waals surface area contributed by atoms with Crippen LogP contribution in [0.5, 0.6) is 0 Å². The molecule has 5 heteroatoms. The van der Waals surface area contributed by atoms with E-state index in [2.05, 4.69) is 10.6 Å². The first kappa shape index (κ1) is 18.0. The van der Waals surface area contributed by atoms with Crippen LogP contribution in [0.2, 0.25) is 0 Å². The SMILES string of the molecule is CC(C)(C)CC(=O)NCC(=O)NCC1(O)CCCCCC1. The highest BCUT2D eigenvalue weighted by Gasteiger charge is 2.28. The van der Waals surface area contributed by atoms with Gasteiger partial charge in [-0.25, -0.2) is 0 Å². The van der Waals surface area contributed by atoms with Crippen molar-refractivity contribution in [2.75, 3.05) is 13.1 Å². The number of amides is 2. The van der Waals surface area contributed by atoms with E-state index < -0.39 is 5.60 Å². The summed E-state index contributed by atoms with van der Waals surface area (Å²) < 4.78 is 0. The lowest BCUT2D eigenvalue weighted by Gasteiger charge is -2.26. The third-order valence-corrected chi connectivity index (χ3v) is 3.79. The third-order valence-electron chi connectivity index (χ3n) is 3.79. The molecule has 1 fully saturated rings. The monoisotopic (exact) mass is 298 g/mol. The molecule has 1 aliphatic carbocycles. The number of hydrogen-bond donors (Lipinski definition) is 3. The number of carbonyl (C=O) groups excluding carboxylic acids is 2. The van der Waals surface area contributed by atoms with Crippen LogP contribution in [-0.4, -0.2) is 35.6 Å². The van der Waals surface area contributed by atoms with Crippen LogP contribution in [0.1, 0.15) is 65.7 Å². The first-order valence-corrected chi connectivity index (χ1v) is 7.96. The fourth-order valence-electron chi connectivity index (χ4n) is 2.61. The number of nitrogens with one attached hydrogen (secondary N) is 2. The molecular formula is C16H30N2O3. The van der Waals surface area contributed by atoms with Crippen LogP contribution in [0.25, 0.3) is 0 Å². The summed E-state index contributed by atoms with van der Waals surface area (Å²) in [6, 6.07) is 0. The summed E-state index contributed by atoms with van der Waals surface area (Å²) in [5, 5.41) is 15.8. The quantitative estimate of drug-likeness (QED) is 0.677. The summed E-state index contributed by atoms with van der Waals surface area (Å²) in [7, 11) is 0. The topological polar surface area (TPSA) is 78.4 Å². The maximum Gasteiger partial charge on any atom is 0.239 e. The zero-order valence-electron chi connectivity index (χ0n) is 13.6. The Hall–Kier alpha value is -1.10. The van der Waals surface area contributed by atoms with Gasteiger partial charge >= 0.3 is 0 Å². The lowest BCUT2D eigenvalue weighted by atomic mass is 9.92. The third kappa shape index (κ3) is 8.05. The van der Waals surface area contributed by atoms with Crippen molar-refractivity contribution in [3.63, 3.8) is 0 Å². The Labute approximate surface area is 127 Å². The lowest BCUT2D eigenvalue weighted by molar-refractivity contribution is -0.127. The molecule has 5 nitrogen and oxygen atoms in total. The average molecular weight is 298 g/mol. The van der Waals surface area contributed by atoms with E-state index in [9.17, 15) is 14.7 Å². The Morgan fingerprint density at radius 2 is 1.57 bits per heavy atom. The normalized spacial score (nSPS) is 18.7. The lowest BCUT2D eigenvalue weighted by Crippen LogP contribution is -2.46. The van der Waals surface area contributed by atoms with Gasteiger partial charge in [0.1, 0.15) is 0 Å². The van der Waals surface area contributed by atoms with Gasteiger partial charge in [0, 0.05) is 13.0 Å². The molecule has 0 radical (unpaired) electrons. The Kier molecular flexibility index (Phi) is 6.65. The van der Waals surface area contributed by atoms with Gasteiger partial charge in [-0.2, -0.15) is 0 Å². The van der Waals surface area contributed by atoms with Gasteiger partial charge in [0.05, 0.1) is 12.1 Å². The fourth-order valence-corrected chi connectivity index (χ4v) is 2.61.